The molecule has 1 heterocycles. The van der Waals surface area contributed by atoms with E-state index in [1.54, 1.807) is 11.0 Å². The number of aliphatic imine (C=N–C) groups is 1. The van der Waals surface area contributed by atoms with E-state index >= 15 is 0 Å². The Balaban J connectivity index is 1.55. The molecular formula is C23H31N6O2+. The van der Waals surface area contributed by atoms with Gasteiger partial charge in [-0.15, -0.1) is 0 Å². The Morgan fingerprint density at radius 3 is 2.45 bits per heavy atom. The summed E-state index contributed by atoms with van der Waals surface area (Å²) in [5, 5.41) is 5.62. The first-order valence-electron chi connectivity index (χ1n) is 10.4. The van der Waals surface area contributed by atoms with Gasteiger partial charge in [-0.25, -0.2) is 9.79 Å². The van der Waals surface area contributed by atoms with E-state index in [-0.39, 0.29) is 17.9 Å². The van der Waals surface area contributed by atoms with Crippen LogP contribution in [0.25, 0.3) is 0 Å². The second-order valence-electron chi connectivity index (χ2n) is 8.51. The molecule has 2 aromatic carbocycles. The van der Waals surface area contributed by atoms with Gasteiger partial charge in [0.25, 0.3) is 5.91 Å². The highest BCUT2D eigenvalue weighted by Crippen LogP contribution is 2.29. The van der Waals surface area contributed by atoms with Crippen molar-refractivity contribution in [2.45, 2.75) is 45.8 Å². The van der Waals surface area contributed by atoms with Gasteiger partial charge in [0.05, 0.1) is 6.54 Å². The Labute approximate surface area is 182 Å². The molecule has 1 atom stereocenters. The van der Waals surface area contributed by atoms with Crippen LogP contribution in [0.1, 0.15) is 38.3 Å². The number of carbonyl (C=O) groups is 2. The fraction of sp³-hybridized carbons (Fsp3) is 0.348. The Bertz CT molecular complexity index is 986. The van der Waals surface area contributed by atoms with Crippen LogP contribution in [-0.4, -0.2) is 28.3 Å². The molecule has 8 nitrogen and oxygen atoms in total. The zero-order chi connectivity index (χ0) is 22.6. The van der Waals surface area contributed by atoms with Gasteiger partial charge in [0.2, 0.25) is 0 Å². The maximum atomic E-state index is 12.9. The first-order chi connectivity index (χ1) is 14.7. The summed E-state index contributed by atoms with van der Waals surface area (Å²) >= 11 is 0. The van der Waals surface area contributed by atoms with Crippen LogP contribution in [0.5, 0.6) is 0 Å². The molecule has 0 fully saturated rings. The number of amides is 3. The van der Waals surface area contributed by atoms with Crippen LogP contribution in [0, 0.1) is 5.92 Å². The molecule has 2 aromatic rings. The van der Waals surface area contributed by atoms with Crippen molar-refractivity contribution < 1.29 is 15.3 Å². The molecule has 164 valence electrons. The molecule has 3 rings (SSSR count). The van der Waals surface area contributed by atoms with Gasteiger partial charge in [0.15, 0.2) is 11.6 Å². The van der Waals surface area contributed by atoms with E-state index in [1.165, 1.54) is 0 Å². The van der Waals surface area contributed by atoms with Crippen LogP contribution in [0.3, 0.4) is 0 Å². The van der Waals surface area contributed by atoms with Crippen molar-refractivity contribution in [3.63, 3.8) is 0 Å². The second kappa shape index (κ2) is 9.18. The quantitative estimate of drug-likeness (QED) is 0.546. The highest BCUT2D eigenvalue weighted by molar-refractivity contribution is 6.06. The number of carbonyl (C=O) groups excluding carboxylic acids is 2. The van der Waals surface area contributed by atoms with Gasteiger partial charge in [-0.1, -0.05) is 50.2 Å². The van der Waals surface area contributed by atoms with E-state index in [9.17, 15) is 9.59 Å². The highest BCUT2D eigenvalue weighted by Gasteiger charge is 2.43. The number of anilines is 1. The largest absolute Gasteiger partial charge is 0.369 e. The van der Waals surface area contributed by atoms with Crippen molar-refractivity contribution in [1.82, 2.24) is 10.2 Å². The van der Waals surface area contributed by atoms with Gasteiger partial charge in [-0.3, -0.25) is 9.69 Å². The predicted molar refractivity (Wildman–Crippen MR) is 121 cm³/mol. The number of guanidine groups is 1. The molecule has 0 spiro atoms. The minimum Gasteiger partial charge on any atom is -0.369 e. The molecule has 31 heavy (non-hydrogen) atoms. The Morgan fingerprint density at radius 2 is 1.81 bits per heavy atom. The van der Waals surface area contributed by atoms with E-state index in [1.807, 2.05) is 49.4 Å². The van der Waals surface area contributed by atoms with Crippen LogP contribution in [-0.2, 0) is 17.9 Å². The first-order valence-corrected chi connectivity index (χ1v) is 10.4. The van der Waals surface area contributed by atoms with Gasteiger partial charge in [0.1, 0.15) is 11.2 Å². The fourth-order valence-electron chi connectivity index (χ4n) is 3.77. The van der Waals surface area contributed by atoms with Gasteiger partial charge in [-0.2, -0.15) is 0 Å². The summed E-state index contributed by atoms with van der Waals surface area (Å²) in [5.41, 5.74) is 12.5. The first kappa shape index (κ1) is 22.3. The van der Waals surface area contributed by atoms with Gasteiger partial charge >= 0.3 is 6.03 Å². The van der Waals surface area contributed by atoms with E-state index < -0.39 is 5.54 Å². The molecule has 0 bridgehead atoms. The number of quaternary nitrogens is 1. The second-order valence-corrected chi connectivity index (χ2v) is 8.51. The van der Waals surface area contributed by atoms with Crippen LogP contribution < -0.4 is 22.1 Å². The lowest BCUT2D eigenvalue weighted by Crippen LogP contribution is -2.43. The fourth-order valence-corrected chi connectivity index (χ4v) is 3.77. The number of urea groups is 1. The highest BCUT2D eigenvalue weighted by atomic mass is 16.2. The normalized spacial score (nSPS) is 18.3. The van der Waals surface area contributed by atoms with Crippen LogP contribution >= 0.6 is 0 Å². The standard InChI is InChI=1S/C23H30N6O2/c1-15(2)12-23(3)20(30)29(21(25)28-23)14-17-10-8-16(9-11-17)13-26-22(31)27-19-7-5-4-6-18(19)24/h4-11,15H,12-14,24H2,1-3H3,(H2,25,28)(H2,26,27,31)/p+1. The Morgan fingerprint density at radius 1 is 1.16 bits per heavy atom. The van der Waals surface area contributed by atoms with E-state index in [4.69, 9.17) is 5.73 Å². The lowest BCUT2D eigenvalue weighted by Gasteiger charge is -2.23. The Hall–Kier alpha value is -3.39. The number of hydrogen-bond donors (Lipinski definition) is 4. The predicted octanol–water partition coefficient (Wildman–Crippen LogP) is 2.34. The minimum atomic E-state index is -0.790. The Kier molecular flexibility index (Phi) is 6.60. The van der Waals surface area contributed by atoms with Crippen molar-refractivity contribution in [3.8, 4) is 0 Å². The summed E-state index contributed by atoms with van der Waals surface area (Å²) in [6.07, 6.45) is 0.661. The lowest BCUT2D eigenvalue weighted by molar-refractivity contribution is -0.253. The molecule has 1 aliphatic rings. The monoisotopic (exact) mass is 423 g/mol. The number of hydrogen-bond acceptors (Lipinski definition) is 4. The molecule has 0 aromatic heterocycles. The molecule has 0 radical (unpaired) electrons. The topological polar surface area (TPSA) is 127 Å². The van der Waals surface area contributed by atoms with E-state index in [0.717, 1.165) is 16.8 Å². The zero-order valence-corrected chi connectivity index (χ0v) is 18.3. The maximum absolute atomic E-state index is 12.9. The van der Waals surface area contributed by atoms with Crippen molar-refractivity contribution in [3.05, 3.63) is 59.7 Å². The SMILES string of the molecule is CC(C)CC1(C)N=C(N)N(Cc2ccc(CNC(=O)Nc3ccccc3[NH3+])cc2)C1=O. The number of nitrogens with zero attached hydrogens (tertiary/aromatic N) is 2. The van der Waals surface area contributed by atoms with E-state index in [0.29, 0.717) is 31.1 Å². The van der Waals surface area contributed by atoms with Gasteiger partial charge < -0.3 is 22.1 Å². The summed E-state index contributed by atoms with van der Waals surface area (Å²) in [5.74, 6) is 0.546. The molecule has 0 saturated carbocycles. The average Bonchev–Trinajstić information content (AvgIpc) is 2.91. The average molecular weight is 424 g/mol. The van der Waals surface area contributed by atoms with Gasteiger partial charge in [-0.05, 0) is 36.5 Å². The smallest absolute Gasteiger partial charge is 0.319 e. The summed E-state index contributed by atoms with van der Waals surface area (Å²) in [6, 6.07) is 14.8. The van der Waals surface area contributed by atoms with Crippen molar-refractivity contribution in [2.75, 3.05) is 5.32 Å². The number of para-hydroxylation sites is 1. The van der Waals surface area contributed by atoms with Crippen LogP contribution in [0.2, 0.25) is 0 Å². The third-order valence-corrected chi connectivity index (χ3v) is 5.23. The van der Waals surface area contributed by atoms with Crippen molar-refractivity contribution >= 4 is 29.3 Å². The molecule has 1 unspecified atom stereocenters. The van der Waals surface area contributed by atoms with Crippen LogP contribution in [0.15, 0.2) is 53.5 Å². The summed E-state index contributed by atoms with van der Waals surface area (Å²) < 4.78 is 0. The van der Waals surface area contributed by atoms with Gasteiger partial charge in [0, 0.05) is 12.6 Å². The third-order valence-electron chi connectivity index (χ3n) is 5.23. The summed E-state index contributed by atoms with van der Waals surface area (Å²) in [4.78, 5) is 31.0. The number of rotatable bonds is 7. The summed E-state index contributed by atoms with van der Waals surface area (Å²) in [6.45, 7) is 6.73. The number of benzene rings is 2. The maximum Gasteiger partial charge on any atom is 0.319 e. The van der Waals surface area contributed by atoms with Crippen molar-refractivity contribution in [1.29, 1.82) is 0 Å². The molecule has 0 saturated heterocycles. The zero-order valence-electron chi connectivity index (χ0n) is 18.3. The third kappa shape index (κ3) is 5.40. The van der Waals surface area contributed by atoms with E-state index in [2.05, 4.69) is 35.2 Å². The molecule has 8 heteroatoms. The minimum absolute atomic E-state index is 0.0631. The molecule has 1 aliphatic heterocycles. The van der Waals surface area contributed by atoms with Crippen molar-refractivity contribution in [2.24, 2.45) is 16.6 Å². The van der Waals surface area contributed by atoms with Crippen LogP contribution in [0.4, 0.5) is 16.2 Å². The summed E-state index contributed by atoms with van der Waals surface area (Å²) in [7, 11) is 0. The lowest BCUT2D eigenvalue weighted by atomic mass is 9.91. The number of nitrogens with two attached hydrogens (primary N) is 1. The molecule has 3 amide bonds. The molecular weight excluding hydrogens is 392 g/mol. The molecule has 0 aliphatic carbocycles. The molecule has 7 N–H and O–H groups in total. The number of nitrogens with one attached hydrogen (secondary N) is 2.